The van der Waals surface area contributed by atoms with Crippen molar-refractivity contribution in [2.75, 3.05) is 26.2 Å². The molecule has 1 spiro atoms. The van der Waals surface area contributed by atoms with Crippen LogP contribution < -0.4 is 0 Å². The van der Waals surface area contributed by atoms with E-state index in [1.54, 1.807) is 5.56 Å². The van der Waals surface area contributed by atoms with Gasteiger partial charge in [0.25, 0.3) is 0 Å². The Morgan fingerprint density at radius 2 is 1.71 bits per heavy atom. The van der Waals surface area contributed by atoms with Crippen LogP contribution in [0.1, 0.15) is 115 Å². The molecule has 7 rings (SSSR count). The Hall–Kier alpha value is -1.16. The van der Waals surface area contributed by atoms with Gasteiger partial charge in [-0.25, -0.2) is 10.0 Å². The summed E-state index contributed by atoms with van der Waals surface area (Å²) in [7, 11) is 0. The number of rotatable bonds is 4. The van der Waals surface area contributed by atoms with E-state index < -0.39 is 0 Å². The third-order valence-corrected chi connectivity index (χ3v) is 12.4. The number of hydrogen-bond acceptors (Lipinski definition) is 3. The van der Waals surface area contributed by atoms with Crippen molar-refractivity contribution in [3.63, 3.8) is 0 Å². The number of hydrogen-bond donors (Lipinski definition) is 0. The summed E-state index contributed by atoms with van der Waals surface area (Å²) in [5, 5.41) is 4.99. The summed E-state index contributed by atoms with van der Waals surface area (Å²) in [5.41, 5.74) is 8.00. The molecule has 0 aromatic heterocycles. The van der Waals surface area contributed by atoms with Crippen molar-refractivity contribution in [1.82, 2.24) is 10.0 Å². The van der Waals surface area contributed by atoms with Crippen LogP contribution in [-0.4, -0.2) is 41.9 Å². The van der Waals surface area contributed by atoms with E-state index in [0.29, 0.717) is 16.7 Å². The fourth-order valence-electron chi connectivity index (χ4n) is 10.0. The third kappa shape index (κ3) is 4.34. The van der Waals surface area contributed by atoms with Crippen LogP contribution in [0.3, 0.4) is 0 Å². The van der Waals surface area contributed by atoms with E-state index >= 15 is 0 Å². The Bertz CT molecular complexity index is 1060. The quantitative estimate of drug-likeness (QED) is 0.376. The number of allylic oxidation sites excluding steroid dienone is 2. The average molecular weight is 517 g/mol. The second kappa shape index (κ2) is 9.45. The molecule has 2 aliphatic heterocycles. The van der Waals surface area contributed by atoms with Gasteiger partial charge < -0.3 is 4.74 Å². The monoisotopic (exact) mass is 516 g/mol. The molecule has 4 aliphatic carbocycles. The van der Waals surface area contributed by atoms with E-state index in [4.69, 9.17) is 4.74 Å². The highest BCUT2D eigenvalue weighted by Crippen LogP contribution is 2.65. The predicted molar refractivity (Wildman–Crippen MR) is 156 cm³/mol. The summed E-state index contributed by atoms with van der Waals surface area (Å²) < 4.78 is 6.75. The SMILES string of the molecule is CCN1CCN1Cc1ccc(C2CC3(C)CCCC3C3CCC4CC5(CCC4=C23)CCC(C)(C)CO5)cc1. The minimum absolute atomic E-state index is 0.175. The lowest BCUT2D eigenvalue weighted by Gasteiger charge is -2.55. The maximum atomic E-state index is 6.75. The van der Waals surface area contributed by atoms with E-state index in [2.05, 4.69) is 62.0 Å². The minimum atomic E-state index is 0.175. The first-order valence-corrected chi connectivity index (χ1v) is 16.2. The Balaban J connectivity index is 1.18. The lowest BCUT2D eigenvalue weighted by molar-refractivity contribution is -0.144. The van der Waals surface area contributed by atoms with Crippen molar-refractivity contribution in [3.8, 4) is 0 Å². The molecular weight excluding hydrogens is 464 g/mol. The summed E-state index contributed by atoms with van der Waals surface area (Å²) in [6.07, 6.45) is 15.1. The number of benzene rings is 1. The molecule has 6 atom stereocenters. The van der Waals surface area contributed by atoms with Crippen molar-refractivity contribution in [2.45, 2.75) is 116 Å². The van der Waals surface area contributed by atoms with Gasteiger partial charge in [-0.2, -0.15) is 0 Å². The largest absolute Gasteiger partial charge is 0.374 e. The van der Waals surface area contributed by atoms with Crippen molar-refractivity contribution in [2.24, 2.45) is 28.6 Å². The number of fused-ring (bicyclic) bond motifs is 4. The maximum Gasteiger partial charge on any atom is 0.0691 e. The molecule has 2 saturated heterocycles. The maximum absolute atomic E-state index is 6.75. The highest BCUT2D eigenvalue weighted by atomic mass is 16.5. The van der Waals surface area contributed by atoms with E-state index in [-0.39, 0.29) is 5.60 Å². The van der Waals surface area contributed by atoms with E-state index in [1.165, 1.54) is 89.3 Å². The summed E-state index contributed by atoms with van der Waals surface area (Å²) in [6, 6.07) is 9.97. The molecule has 5 fully saturated rings. The molecule has 1 aromatic rings. The Kier molecular flexibility index (Phi) is 6.41. The molecule has 208 valence electrons. The number of ether oxygens (including phenoxy) is 1. The molecule has 3 saturated carbocycles. The highest BCUT2D eigenvalue weighted by Gasteiger charge is 2.54. The van der Waals surface area contributed by atoms with Gasteiger partial charge in [-0.1, -0.05) is 69.5 Å². The van der Waals surface area contributed by atoms with Gasteiger partial charge in [0.1, 0.15) is 0 Å². The van der Waals surface area contributed by atoms with Gasteiger partial charge in [0.2, 0.25) is 0 Å². The van der Waals surface area contributed by atoms with Crippen LogP contribution in [0.2, 0.25) is 0 Å². The molecule has 2 heterocycles. The first kappa shape index (κ1) is 25.8. The second-order valence-corrected chi connectivity index (χ2v) is 15.3. The summed E-state index contributed by atoms with van der Waals surface area (Å²) in [4.78, 5) is 0. The Morgan fingerprint density at radius 3 is 2.42 bits per heavy atom. The highest BCUT2D eigenvalue weighted by molar-refractivity contribution is 5.41. The molecule has 38 heavy (non-hydrogen) atoms. The molecule has 0 N–H and O–H groups in total. The molecule has 3 nitrogen and oxygen atoms in total. The van der Waals surface area contributed by atoms with Gasteiger partial charge in [0.05, 0.1) is 12.2 Å². The van der Waals surface area contributed by atoms with Gasteiger partial charge in [-0.05, 0) is 104 Å². The average Bonchev–Trinajstić information content (AvgIpc) is 3.30. The molecule has 3 heteroatoms. The topological polar surface area (TPSA) is 15.7 Å². The number of likely N-dealkylation sites (N-methyl/N-ethyl adjacent to an activating group) is 1. The van der Waals surface area contributed by atoms with E-state index in [0.717, 1.165) is 37.5 Å². The van der Waals surface area contributed by atoms with Gasteiger partial charge in [0, 0.05) is 32.1 Å². The summed E-state index contributed by atoms with van der Waals surface area (Å²) in [6.45, 7) is 15.3. The molecule has 0 amide bonds. The van der Waals surface area contributed by atoms with Gasteiger partial charge >= 0.3 is 0 Å². The molecule has 6 aliphatic rings. The predicted octanol–water partition coefficient (Wildman–Crippen LogP) is 8.11. The number of hydrazine groups is 1. The van der Waals surface area contributed by atoms with Crippen molar-refractivity contribution in [3.05, 3.63) is 46.5 Å². The first-order chi connectivity index (χ1) is 18.3. The molecule has 0 bridgehead atoms. The molecule has 6 unspecified atom stereocenters. The smallest absolute Gasteiger partial charge is 0.0691 e. The Labute approximate surface area is 232 Å². The Morgan fingerprint density at radius 1 is 0.895 bits per heavy atom. The molecule has 0 radical (unpaired) electrons. The van der Waals surface area contributed by atoms with Crippen LogP contribution in [0.15, 0.2) is 35.4 Å². The minimum Gasteiger partial charge on any atom is -0.374 e. The first-order valence-electron chi connectivity index (χ1n) is 16.2. The standard InChI is InChI=1S/C35H52N2O/c1-5-36-19-20-37(36)23-25-8-10-26(11-9-25)30-22-34(4)15-6-7-31(34)29-13-12-27-21-35(16-14-28(27)32(29)30)18-17-33(2,3)24-38-35/h8-11,27,29-31H,5-7,12-24H2,1-4H3. The van der Waals surface area contributed by atoms with Crippen LogP contribution in [0.25, 0.3) is 0 Å². The van der Waals surface area contributed by atoms with Gasteiger partial charge in [-0.15, -0.1) is 0 Å². The molecular formula is C35H52N2O. The third-order valence-electron chi connectivity index (χ3n) is 12.4. The van der Waals surface area contributed by atoms with Crippen LogP contribution in [0.4, 0.5) is 0 Å². The van der Waals surface area contributed by atoms with Crippen molar-refractivity contribution < 1.29 is 4.74 Å². The number of nitrogens with zero attached hydrogens (tertiary/aromatic N) is 2. The fraction of sp³-hybridized carbons (Fsp3) is 0.771. The van der Waals surface area contributed by atoms with Crippen LogP contribution in [0.5, 0.6) is 0 Å². The fourth-order valence-corrected chi connectivity index (χ4v) is 10.0. The van der Waals surface area contributed by atoms with Crippen LogP contribution in [-0.2, 0) is 11.3 Å². The zero-order valence-corrected chi connectivity index (χ0v) is 24.7. The van der Waals surface area contributed by atoms with E-state index in [1.807, 2.05) is 11.1 Å². The van der Waals surface area contributed by atoms with Gasteiger partial charge in [-0.3, -0.25) is 0 Å². The van der Waals surface area contributed by atoms with Crippen LogP contribution in [0, 0.1) is 28.6 Å². The summed E-state index contributed by atoms with van der Waals surface area (Å²) in [5.74, 6) is 3.18. The van der Waals surface area contributed by atoms with Crippen molar-refractivity contribution >= 4 is 0 Å². The zero-order chi connectivity index (χ0) is 26.1. The lowest BCUT2D eigenvalue weighted by Crippen LogP contribution is -2.55. The normalized spacial score (nSPS) is 40.9. The lowest BCUT2D eigenvalue weighted by atomic mass is 9.52. The summed E-state index contributed by atoms with van der Waals surface area (Å²) >= 11 is 0. The van der Waals surface area contributed by atoms with Gasteiger partial charge in [0.15, 0.2) is 0 Å². The second-order valence-electron chi connectivity index (χ2n) is 15.3. The zero-order valence-electron chi connectivity index (χ0n) is 24.7. The van der Waals surface area contributed by atoms with Crippen molar-refractivity contribution in [1.29, 1.82) is 0 Å². The van der Waals surface area contributed by atoms with E-state index in [9.17, 15) is 0 Å². The molecule has 1 aromatic carbocycles. The van der Waals surface area contributed by atoms with Crippen LogP contribution >= 0.6 is 0 Å².